The number of anilines is 2. The smallest absolute Gasteiger partial charge is 0.328 e. The van der Waals surface area contributed by atoms with Crippen LogP contribution in [0.1, 0.15) is 32.6 Å². The van der Waals surface area contributed by atoms with Crippen LogP contribution in [0.5, 0.6) is 5.75 Å². The fourth-order valence-corrected chi connectivity index (χ4v) is 5.17. The van der Waals surface area contributed by atoms with E-state index in [2.05, 4.69) is 65.7 Å². The minimum absolute atomic E-state index is 0.117. The third-order valence-electron chi connectivity index (χ3n) is 7.63. The molecule has 6 heteroatoms. The monoisotopic (exact) mass is 598 g/mol. The number of nitrogens with zero attached hydrogens (tertiary/aromatic N) is 1. The van der Waals surface area contributed by atoms with Crippen molar-refractivity contribution in [1.82, 2.24) is 0 Å². The van der Waals surface area contributed by atoms with Crippen LogP contribution in [0.3, 0.4) is 0 Å². The van der Waals surface area contributed by atoms with Gasteiger partial charge in [-0.15, -0.1) is 0 Å². The molecule has 1 unspecified atom stereocenters. The summed E-state index contributed by atoms with van der Waals surface area (Å²) in [4.78, 5) is 28.4. The van der Waals surface area contributed by atoms with Gasteiger partial charge in [0, 0.05) is 35.5 Å². The highest BCUT2D eigenvalue weighted by molar-refractivity contribution is 6.12. The molecule has 0 saturated heterocycles. The SMILES string of the molecule is COC(=O)C(Cc1ccc(OCCN(Cc2ccccc2)c2ccc(C)cc2)cc1)Nc1ccccc1C(=O)c1ccccc1. The Morgan fingerprint density at radius 1 is 0.733 bits per heavy atom. The first-order chi connectivity index (χ1) is 22.0. The van der Waals surface area contributed by atoms with E-state index < -0.39 is 12.0 Å². The Hall–Kier alpha value is -5.36. The Kier molecular flexibility index (Phi) is 10.6. The summed E-state index contributed by atoms with van der Waals surface area (Å²) in [7, 11) is 1.37. The molecule has 5 aromatic carbocycles. The zero-order valence-corrected chi connectivity index (χ0v) is 25.7. The van der Waals surface area contributed by atoms with Crippen molar-refractivity contribution in [3.63, 3.8) is 0 Å². The van der Waals surface area contributed by atoms with Crippen molar-refractivity contribution in [3.8, 4) is 5.75 Å². The molecule has 0 spiro atoms. The topological polar surface area (TPSA) is 67.9 Å². The van der Waals surface area contributed by atoms with E-state index >= 15 is 0 Å². The molecule has 45 heavy (non-hydrogen) atoms. The highest BCUT2D eigenvalue weighted by Crippen LogP contribution is 2.23. The first-order valence-electron chi connectivity index (χ1n) is 15.1. The van der Waals surface area contributed by atoms with Crippen LogP contribution in [0.15, 0.2) is 133 Å². The summed E-state index contributed by atoms with van der Waals surface area (Å²) in [6.07, 6.45) is 0.374. The van der Waals surface area contributed by atoms with Gasteiger partial charge in [0.1, 0.15) is 18.4 Å². The van der Waals surface area contributed by atoms with Crippen molar-refractivity contribution in [2.24, 2.45) is 0 Å². The van der Waals surface area contributed by atoms with Crippen LogP contribution in [0.4, 0.5) is 11.4 Å². The largest absolute Gasteiger partial charge is 0.492 e. The molecule has 6 nitrogen and oxygen atoms in total. The molecule has 1 N–H and O–H groups in total. The molecular formula is C39H38N2O4. The minimum atomic E-state index is -0.687. The summed E-state index contributed by atoms with van der Waals surface area (Å²) in [6, 6.07) is 42.4. The van der Waals surface area contributed by atoms with Crippen LogP contribution >= 0.6 is 0 Å². The lowest BCUT2D eigenvalue weighted by Gasteiger charge is -2.25. The van der Waals surface area contributed by atoms with Crippen molar-refractivity contribution in [1.29, 1.82) is 0 Å². The fraction of sp³-hybridized carbons (Fsp3) is 0.179. The average Bonchev–Trinajstić information content (AvgIpc) is 3.09. The summed E-state index contributed by atoms with van der Waals surface area (Å²) >= 11 is 0. The number of hydrogen-bond donors (Lipinski definition) is 1. The van der Waals surface area contributed by atoms with Gasteiger partial charge in [-0.1, -0.05) is 103 Å². The molecule has 0 aromatic heterocycles. The molecule has 5 rings (SSSR count). The van der Waals surface area contributed by atoms with Crippen LogP contribution in [-0.2, 0) is 22.5 Å². The second kappa shape index (κ2) is 15.4. The number of benzene rings is 5. The van der Waals surface area contributed by atoms with Gasteiger partial charge in [-0.05, 0) is 54.4 Å². The molecule has 0 heterocycles. The summed E-state index contributed by atoms with van der Waals surface area (Å²) in [6.45, 7) is 4.11. The molecule has 0 aliphatic carbocycles. The molecule has 0 aliphatic heterocycles. The fourth-order valence-electron chi connectivity index (χ4n) is 5.17. The van der Waals surface area contributed by atoms with E-state index in [1.54, 1.807) is 24.3 Å². The highest BCUT2D eigenvalue weighted by atomic mass is 16.5. The van der Waals surface area contributed by atoms with E-state index in [0.717, 1.165) is 30.1 Å². The molecule has 5 aromatic rings. The second-order valence-corrected chi connectivity index (χ2v) is 10.9. The third-order valence-corrected chi connectivity index (χ3v) is 7.63. The first-order valence-corrected chi connectivity index (χ1v) is 15.1. The zero-order valence-electron chi connectivity index (χ0n) is 25.7. The van der Waals surface area contributed by atoms with Gasteiger partial charge in [-0.3, -0.25) is 4.79 Å². The Labute approximate surface area is 265 Å². The number of nitrogens with one attached hydrogen (secondary N) is 1. The number of carbonyl (C=O) groups excluding carboxylic acids is 2. The van der Waals surface area contributed by atoms with Crippen molar-refractivity contribution < 1.29 is 19.1 Å². The summed E-state index contributed by atoms with van der Waals surface area (Å²) in [5, 5.41) is 3.27. The number of methoxy groups -OCH3 is 1. The number of carbonyl (C=O) groups is 2. The summed E-state index contributed by atoms with van der Waals surface area (Å²) < 4.78 is 11.3. The zero-order chi connectivity index (χ0) is 31.4. The molecule has 0 amide bonds. The second-order valence-electron chi connectivity index (χ2n) is 10.9. The lowest BCUT2D eigenvalue weighted by Crippen LogP contribution is -2.33. The van der Waals surface area contributed by atoms with E-state index in [1.807, 2.05) is 60.7 Å². The van der Waals surface area contributed by atoms with Gasteiger partial charge in [0.25, 0.3) is 0 Å². The van der Waals surface area contributed by atoms with Gasteiger partial charge in [-0.25, -0.2) is 4.79 Å². The molecule has 0 radical (unpaired) electrons. The molecule has 0 aliphatic rings. The lowest BCUT2D eigenvalue weighted by atomic mass is 10.00. The van der Waals surface area contributed by atoms with Gasteiger partial charge in [-0.2, -0.15) is 0 Å². The number of para-hydroxylation sites is 1. The number of rotatable bonds is 14. The van der Waals surface area contributed by atoms with E-state index in [-0.39, 0.29) is 5.78 Å². The molecule has 0 saturated carbocycles. The van der Waals surface area contributed by atoms with E-state index in [0.29, 0.717) is 29.8 Å². The number of hydrogen-bond acceptors (Lipinski definition) is 6. The molecular weight excluding hydrogens is 560 g/mol. The van der Waals surface area contributed by atoms with Gasteiger partial charge < -0.3 is 19.7 Å². The van der Waals surface area contributed by atoms with Crippen LogP contribution in [0, 0.1) is 6.92 Å². The van der Waals surface area contributed by atoms with Gasteiger partial charge >= 0.3 is 5.97 Å². The number of ether oxygens (including phenoxy) is 2. The Morgan fingerprint density at radius 3 is 2.07 bits per heavy atom. The third kappa shape index (κ3) is 8.61. The van der Waals surface area contributed by atoms with Crippen molar-refractivity contribution in [3.05, 3.63) is 161 Å². The summed E-state index contributed by atoms with van der Waals surface area (Å²) in [5.74, 6) is 0.226. The molecule has 1 atom stereocenters. The molecule has 0 fully saturated rings. The molecule has 0 bridgehead atoms. The van der Waals surface area contributed by atoms with E-state index in [1.165, 1.54) is 18.2 Å². The Balaban J connectivity index is 1.22. The highest BCUT2D eigenvalue weighted by Gasteiger charge is 2.22. The standard InChI is InChI=1S/C39H38N2O4/c1-29-17-21-33(22-18-29)41(28-31-11-5-3-6-12-31)25-26-45-34-23-19-30(20-24-34)27-37(39(43)44-2)40-36-16-10-9-15-35(36)38(42)32-13-7-4-8-14-32/h3-24,37,40H,25-28H2,1-2H3. The Bertz CT molecular complexity index is 1670. The molecule has 228 valence electrons. The van der Waals surface area contributed by atoms with E-state index in [9.17, 15) is 9.59 Å². The number of ketones is 1. The van der Waals surface area contributed by atoms with Crippen LogP contribution in [0.25, 0.3) is 0 Å². The van der Waals surface area contributed by atoms with Crippen LogP contribution in [-0.4, -0.2) is 38.1 Å². The van der Waals surface area contributed by atoms with Gasteiger partial charge in [0.2, 0.25) is 0 Å². The van der Waals surface area contributed by atoms with Crippen LogP contribution in [0.2, 0.25) is 0 Å². The first kappa shape index (κ1) is 31.1. The van der Waals surface area contributed by atoms with Crippen molar-refractivity contribution in [2.75, 3.05) is 30.5 Å². The minimum Gasteiger partial charge on any atom is -0.492 e. The maximum atomic E-state index is 13.2. The lowest BCUT2D eigenvalue weighted by molar-refractivity contribution is -0.141. The predicted molar refractivity (Wildman–Crippen MR) is 180 cm³/mol. The van der Waals surface area contributed by atoms with Crippen molar-refractivity contribution >= 4 is 23.1 Å². The summed E-state index contributed by atoms with van der Waals surface area (Å²) in [5.41, 5.74) is 6.20. The van der Waals surface area contributed by atoms with Crippen molar-refractivity contribution in [2.45, 2.75) is 25.9 Å². The number of esters is 1. The number of aryl methyl sites for hydroxylation is 1. The maximum Gasteiger partial charge on any atom is 0.328 e. The van der Waals surface area contributed by atoms with Crippen LogP contribution < -0.4 is 15.0 Å². The average molecular weight is 599 g/mol. The van der Waals surface area contributed by atoms with E-state index in [4.69, 9.17) is 9.47 Å². The predicted octanol–water partition coefficient (Wildman–Crippen LogP) is 7.51. The normalized spacial score (nSPS) is 11.3. The quantitative estimate of drug-likeness (QED) is 0.105. The Morgan fingerprint density at radius 2 is 1.38 bits per heavy atom. The van der Waals surface area contributed by atoms with Gasteiger partial charge in [0.05, 0.1) is 13.7 Å². The van der Waals surface area contributed by atoms with Gasteiger partial charge in [0.15, 0.2) is 5.78 Å². The maximum absolute atomic E-state index is 13.2.